The molecule has 6 heteroatoms. The first-order chi connectivity index (χ1) is 9.79. The summed E-state index contributed by atoms with van der Waals surface area (Å²) < 4.78 is 0.928. The van der Waals surface area contributed by atoms with Crippen molar-refractivity contribution in [1.29, 1.82) is 0 Å². The molecule has 0 aliphatic rings. The summed E-state index contributed by atoms with van der Waals surface area (Å²) in [4.78, 5) is 23.0. The van der Waals surface area contributed by atoms with Gasteiger partial charge in [0.1, 0.15) is 6.04 Å². The molecule has 0 aliphatic carbocycles. The van der Waals surface area contributed by atoms with Crippen molar-refractivity contribution in [2.75, 3.05) is 0 Å². The van der Waals surface area contributed by atoms with E-state index in [2.05, 4.69) is 26.6 Å². The summed E-state index contributed by atoms with van der Waals surface area (Å²) in [7, 11) is 0. The topological polar surface area (TPSA) is 78.4 Å². The number of carboxylic acids is 1. The fourth-order valence-electron chi connectivity index (χ4n) is 1.95. The van der Waals surface area contributed by atoms with Crippen LogP contribution in [0.2, 0.25) is 0 Å². The van der Waals surface area contributed by atoms with E-state index in [9.17, 15) is 9.59 Å². The molecular formula is C15H21BrN2O3. The van der Waals surface area contributed by atoms with Crippen LogP contribution in [0.1, 0.15) is 38.8 Å². The number of amides is 2. The second-order valence-electron chi connectivity index (χ2n) is 5.41. The molecule has 0 aliphatic heterocycles. The van der Waals surface area contributed by atoms with Crippen LogP contribution >= 0.6 is 15.9 Å². The third kappa shape index (κ3) is 6.16. The van der Waals surface area contributed by atoms with Crippen LogP contribution in [0.5, 0.6) is 0 Å². The molecular weight excluding hydrogens is 336 g/mol. The second-order valence-corrected chi connectivity index (χ2v) is 6.33. The molecule has 0 bridgehead atoms. The third-order valence-corrected chi connectivity index (χ3v) is 3.50. The quantitative estimate of drug-likeness (QED) is 0.731. The zero-order chi connectivity index (χ0) is 16.0. The molecule has 2 unspecified atom stereocenters. The van der Waals surface area contributed by atoms with E-state index in [0.717, 1.165) is 10.0 Å². The SMILES string of the molecule is CC(C)CC(NC(=O)NC(C)c1cccc(Br)c1)C(=O)O. The van der Waals surface area contributed by atoms with Gasteiger partial charge in [-0.25, -0.2) is 9.59 Å². The Balaban J connectivity index is 2.61. The highest BCUT2D eigenvalue weighted by atomic mass is 79.9. The number of nitrogens with one attached hydrogen (secondary N) is 2. The van der Waals surface area contributed by atoms with Gasteiger partial charge < -0.3 is 15.7 Å². The maximum absolute atomic E-state index is 11.9. The largest absolute Gasteiger partial charge is 0.480 e. The van der Waals surface area contributed by atoms with Crippen molar-refractivity contribution < 1.29 is 14.7 Å². The Morgan fingerprint density at radius 1 is 1.24 bits per heavy atom. The minimum Gasteiger partial charge on any atom is -0.480 e. The number of hydrogen-bond donors (Lipinski definition) is 3. The van der Waals surface area contributed by atoms with Gasteiger partial charge in [-0.3, -0.25) is 0 Å². The normalized spacial score (nSPS) is 13.6. The number of urea groups is 1. The van der Waals surface area contributed by atoms with Gasteiger partial charge in [0.15, 0.2) is 0 Å². The first-order valence-corrected chi connectivity index (χ1v) is 7.64. The third-order valence-electron chi connectivity index (χ3n) is 3.01. The highest BCUT2D eigenvalue weighted by Gasteiger charge is 2.21. The lowest BCUT2D eigenvalue weighted by Gasteiger charge is -2.20. The van der Waals surface area contributed by atoms with Crippen molar-refractivity contribution in [3.05, 3.63) is 34.3 Å². The minimum atomic E-state index is -1.02. The van der Waals surface area contributed by atoms with Crippen molar-refractivity contribution in [3.8, 4) is 0 Å². The molecule has 1 aromatic rings. The van der Waals surface area contributed by atoms with E-state index >= 15 is 0 Å². The molecule has 0 fully saturated rings. The summed E-state index contributed by atoms with van der Waals surface area (Å²) >= 11 is 3.38. The fourth-order valence-corrected chi connectivity index (χ4v) is 2.37. The van der Waals surface area contributed by atoms with Gasteiger partial charge >= 0.3 is 12.0 Å². The van der Waals surface area contributed by atoms with Gasteiger partial charge in [0, 0.05) is 4.47 Å². The Morgan fingerprint density at radius 3 is 2.43 bits per heavy atom. The smallest absolute Gasteiger partial charge is 0.326 e. The van der Waals surface area contributed by atoms with E-state index in [0.29, 0.717) is 6.42 Å². The van der Waals surface area contributed by atoms with Crippen molar-refractivity contribution >= 4 is 27.9 Å². The zero-order valence-electron chi connectivity index (χ0n) is 12.4. The van der Waals surface area contributed by atoms with Crippen LogP contribution in [0.3, 0.4) is 0 Å². The van der Waals surface area contributed by atoms with Crippen molar-refractivity contribution in [2.24, 2.45) is 5.92 Å². The summed E-state index contributed by atoms with van der Waals surface area (Å²) in [6.07, 6.45) is 0.397. The van der Waals surface area contributed by atoms with Gasteiger partial charge in [0.05, 0.1) is 6.04 Å². The lowest BCUT2D eigenvalue weighted by atomic mass is 10.0. The number of rotatable bonds is 6. The molecule has 0 spiro atoms. The zero-order valence-corrected chi connectivity index (χ0v) is 14.0. The maximum atomic E-state index is 11.9. The Kier molecular flexibility index (Phi) is 6.68. The average molecular weight is 357 g/mol. The first kappa shape index (κ1) is 17.5. The van der Waals surface area contributed by atoms with Crippen LogP contribution in [0.15, 0.2) is 28.7 Å². The number of halogens is 1. The predicted octanol–water partition coefficient (Wildman–Crippen LogP) is 3.31. The molecule has 0 saturated heterocycles. The fraction of sp³-hybridized carbons (Fsp3) is 0.467. The van der Waals surface area contributed by atoms with Crippen LogP contribution in [-0.4, -0.2) is 23.1 Å². The number of hydrogen-bond acceptors (Lipinski definition) is 2. The van der Waals surface area contributed by atoms with Gasteiger partial charge in [0.2, 0.25) is 0 Å². The van der Waals surface area contributed by atoms with E-state index in [1.54, 1.807) is 0 Å². The van der Waals surface area contributed by atoms with Gasteiger partial charge in [-0.2, -0.15) is 0 Å². The molecule has 21 heavy (non-hydrogen) atoms. The van der Waals surface area contributed by atoms with Gasteiger partial charge in [-0.1, -0.05) is 41.9 Å². The Labute approximate surface area is 133 Å². The lowest BCUT2D eigenvalue weighted by molar-refractivity contribution is -0.139. The molecule has 116 valence electrons. The summed E-state index contributed by atoms with van der Waals surface area (Å²) in [5.41, 5.74) is 0.940. The summed E-state index contributed by atoms with van der Waals surface area (Å²) in [6, 6.07) is 6.03. The molecule has 2 amide bonds. The second kappa shape index (κ2) is 8.02. The summed E-state index contributed by atoms with van der Waals surface area (Å²) in [6.45, 7) is 5.68. The number of carbonyl (C=O) groups is 2. The number of aliphatic carboxylic acids is 1. The van der Waals surface area contributed by atoms with Crippen molar-refractivity contribution in [3.63, 3.8) is 0 Å². The van der Waals surface area contributed by atoms with Crippen LogP contribution < -0.4 is 10.6 Å². The highest BCUT2D eigenvalue weighted by Crippen LogP contribution is 2.17. The van der Waals surface area contributed by atoms with E-state index < -0.39 is 18.0 Å². The molecule has 0 radical (unpaired) electrons. The Hall–Kier alpha value is -1.56. The first-order valence-electron chi connectivity index (χ1n) is 6.85. The lowest BCUT2D eigenvalue weighted by Crippen LogP contribution is -2.47. The molecule has 3 N–H and O–H groups in total. The van der Waals surface area contributed by atoms with E-state index in [1.807, 2.05) is 45.0 Å². The highest BCUT2D eigenvalue weighted by molar-refractivity contribution is 9.10. The summed E-state index contributed by atoms with van der Waals surface area (Å²) in [5, 5.41) is 14.4. The number of carboxylic acid groups (broad SMARTS) is 1. The standard InChI is InChI=1S/C15H21BrN2O3/c1-9(2)7-13(14(19)20)18-15(21)17-10(3)11-5-4-6-12(16)8-11/h4-6,8-10,13H,7H2,1-3H3,(H,19,20)(H2,17,18,21). The molecule has 1 aromatic carbocycles. The van der Waals surface area contributed by atoms with E-state index in [-0.39, 0.29) is 12.0 Å². The Bertz CT molecular complexity index is 505. The molecule has 0 aromatic heterocycles. The van der Waals surface area contributed by atoms with Crippen molar-refractivity contribution in [2.45, 2.75) is 39.3 Å². The summed E-state index contributed by atoms with van der Waals surface area (Å²) in [5.74, 6) is -0.831. The maximum Gasteiger partial charge on any atom is 0.326 e. The molecule has 0 heterocycles. The Morgan fingerprint density at radius 2 is 1.90 bits per heavy atom. The van der Waals surface area contributed by atoms with E-state index in [4.69, 9.17) is 5.11 Å². The van der Waals surface area contributed by atoms with Gasteiger partial charge in [0.25, 0.3) is 0 Å². The molecule has 5 nitrogen and oxygen atoms in total. The minimum absolute atomic E-state index is 0.189. The molecule has 1 rings (SSSR count). The van der Waals surface area contributed by atoms with Crippen LogP contribution in [0, 0.1) is 5.92 Å². The van der Waals surface area contributed by atoms with Gasteiger partial charge in [-0.15, -0.1) is 0 Å². The number of benzene rings is 1. The number of carbonyl (C=O) groups excluding carboxylic acids is 1. The molecule has 2 atom stereocenters. The monoisotopic (exact) mass is 356 g/mol. The van der Waals surface area contributed by atoms with Crippen LogP contribution in [-0.2, 0) is 4.79 Å². The molecule has 0 saturated carbocycles. The van der Waals surface area contributed by atoms with Crippen molar-refractivity contribution in [1.82, 2.24) is 10.6 Å². The van der Waals surface area contributed by atoms with E-state index in [1.165, 1.54) is 0 Å². The van der Waals surface area contributed by atoms with Gasteiger partial charge in [-0.05, 0) is 37.0 Å². The average Bonchev–Trinajstić information content (AvgIpc) is 2.37. The predicted molar refractivity (Wildman–Crippen MR) is 85.1 cm³/mol. The van der Waals surface area contributed by atoms with Crippen LogP contribution in [0.25, 0.3) is 0 Å². The van der Waals surface area contributed by atoms with Crippen LogP contribution in [0.4, 0.5) is 4.79 Å².